The molecule has 28 heavy (non-hydrogen) atoms. The maximum absolute atomic E-state index is 9.99. The summed E-state index contributed by atoms with van der Waals surface area (Å²) in [5.41, 5.74) is 4.60. The first-order chi connectivity index (χ1) is 13.2. The van der Waals surface area contributed by atoms with Gasteiger partial charge in [0.1, 0.15) is 11.5 Å². The molecular weight excluding hydrogens is 351 g/mol. The molecule has 1 aliphatic carbocycles. The molecule has 5 heteroatoms. The van der Waals surface area contributed by atoms with Gasteiger partial charge in [0.25, 0.3) is 0 Å². The largest absolute Gasteiger partial charge is 0.508 e. The van der Waals surface area contributed by atoms with Crippen molar-refractivity contribution in [2.75, 3.05) is 0 Å². The van der Waals surface area contributed by atoms with Crippen LogP contribution in [-0.4, -0.2) is 28.5 Å². The van der Waals surface area contributed by atoms with E-state index in [1.807, 2.05) is 24.3 Å². The van der Waals surface area contributed by atoms with Crippen molar-refractivity contribution < 1.29 is 19.5 Å². The maximum Gasteiger partial charge on any atom is 0.491 e. The van der Waals surface area contributed by atoms with Crippen LogP contribution >= 0.6 is 0 Å². The second kappa shape index (κ2) is 6.68. The lowest BCUT2D eigenvalue weighted by molar-refractivity contribution is 0.00578. The van der Waals surface area contributed by atoms with Crippen LogP contribution in [-0.2, 0) is 15.7 Å². The highest BCUT2D eigenvalue weighted by molar-refractivity contribution is 6.56. The van der Waals surface area contributed by atoms with Crippen molar-refractivity contribution in [2.24, 2.45) is 0 Å². The van der Waals surface area contributed by atoms with E-state index in [4.69, 9.17) is 9.31 Å². The Bertz CT molecular complexity index is 912. The first kappa shape index (κ1) is 19.1. The fourth-order valence-corrected chi connectivity index (χ4v) is 3.99. The van der Waals surface area contributed by atoms with Crippen molar-refractivity contribution in [2.45, 2.75) is 58.2 Å². The normalized spacial score (nSPS) is 20.8. The van der Waals surface area contributed by atoms with Gasteiger partial charge in [0.15, 0.2) is 0 Å². The predicted molar refractivity (Wildman–Crippen MR) is 111 cm³/mol. The second-order valence-electron chi connectivity index (χ2n) is 8.73. The molecule has 1 saturated heterocycles. The van der Waals surface area contributed by atoms with Gasteiger partial charge in [-0.3, -0.25) is 0 Å². The molecule has 2 aromatic carbocycles. The quantitative estimate of drug-likeness (QED) is 0.733. The second-order valence-corrected chi connectivity index (χ2v) is 8.73. The topological polar surface area (TPSA) is 58.9 Å². The summed E-state index contributed by atoms with van der Waals surface area (Å²) >= 11 is 0. The van der Waals surface area contributed by atoms with Crippen molar-refractivity contribution >= 4 is 12.7 Å². The molecule has 2 aromatic rings. The molecule has 2 aliphatic rings. The molecule has 0 radical (unpaired) electrons. The van der Waals surface area contributed by atoms with Crippen molar-refractivity contribution in [1.29, 1.82) is 0 Å². The molecule has 0 amide bonds. The minimum absolute atomic E-state index is 0.237. The number of hydrogen-bond donors (Lipinski definition) is 2. The van der Waals surface area contributed by atoms with Crippen molar-refractivity contribution in [3.63, 3.8) is 0 Å². The number of allylic oxidation sites excluding steroid dienone is 1. The summed E-state index contributed by atoms with van der Waals surface area (Å²) in [4.78, 5) is 0. The summed E-state index contributed by atoms with van der Waals surface area (Å²) in [6.45, 7) is 8.26. The molecule has 1 fully saturated rings. The summed E-state index contributed by atoms with van der Waals surface area (Å²) in [6.07, 6.45) is 2.69. The minimum atomic E-state index is -0.423. The zero-order valence-corrected chi connectivity index (χ0v) is 17.0. The lowest BCUT2D eigenvalue weighted by Gasteiger charge is -2.32. The van der Waals surface area contributed by atoms with E-state index >= 15 is 0 Å². The van der Waals surface area contributed by atoms with E-state index in [0.29, 0.717) is 0 Å². The summed E-state index contributed by atoms with van der Waals surface area (Å²) < 4.78 is 12.8. The molecule has 0 saturated carbocycles. The van der Waals surface area contributed by atoms with E-state index in [-0.39, 0.29) is 11.5 Å². The Morgan fingerprint density at radius 3 is 2.07 bits per heavy atom. The number of fused-ring (bicyclic) bond motifs is 1. The van der Waals surface area contributed by atoms with E-state index in [1.54, 1.807) is 18.2 Å². The third-order valence-electron chi connectivity index (χ3n) is 6.27. The number of phenols is 2. The van der Waals surface area contributed by atoms with Gasteiger partial charge in [-0.15, -0.1) is 0 Å². The van der Waals surface area contributed by atoms with E-state index < -0.39 is 18.3 Å². The Kier molecular flexibility index (Phi) is 4.55. The lowest BCUT2D eigenvalue weighted by atomic mass is 9.70. The van der Waals surface area contributed by atoms with Crippen LogP contribution in [0.1, 0.15) is 57.2 Å². The van der Waals surface area contributed by atoms with Crippen LogP contribution < -0.4 is 0 Å². The Balaban J connectivity index is 1.91. The minimum Gasteiger partial charge on any atom is -0.508 e. The third kappa shape index (κ3) is 3.23. The Morgan fingerprint density at radius 1 is 0.821 bits per heavy atom. The third-order valence-corrected chi connectivity index (χ3v) is 6.27. The zero-order chi connectivity index (χ0) is 20.1. The average Bonchev–Trinajstić information content (AvgIpc) is 2.76. The highest BCUT2D eigenvalue weighted by atomic mass is 16.7. The van der Waals surface area contributed by atoms with Crippen LogP contribution in [0.4, 0.5) is 0 Å². The van der Waals surface area contributed by atoms with Crippen LogP contribution in [0.3, 0.4) is 0 Å². The molecule has 1 heterocycles. The van der Waals surface area contributed by atoms with E-state index in [9.17, 15) is 10.2 Å². The van der Waals surface area contributed by atoms with Crippen molar-refractivity contribution in [3.8, 4) is 11.5 Å². The molecule has 4 nitrogen and oxygen atoms in total. The van der Waals surface area contributed by atoms with Gasteiger partial charge in [0, 0.05) is 0 Å². The highest BCUT2D eigenvalue weighted by Gasteiger charge is 2.53. The van der Waals surface area contributed by atoms with Gasteiger partial charge in [-0.05, 0) is 99.0 Å². The van der Waals surface area contributed by atoms with E-state index in [2.05, 4.69) is 27.7 Å². The van der Waals surface area contributed by atoms with Crippen LogP contribution in [0.2, 0.25) is 0 Å². The highest BCUT2D eigenvalue weighted by Crippen LogP contribution is 2.44. The van der Waals surface area contributed by atoms with Crippen LogP contribution in [0.15, 0.2) is 47.9 Å². The van der Waals surface area contributed by atoms with Crippen molar-refractivity contribution in [1.82, 2.24) is 0 Å². The smallest absolute Gasteiger partial charge is 0.491 e. The number of aryl methyl sites for hydroxylation is 1. The standard InChI is InChI=1S/C23H27BO4/c1-22(2)23(3,4)28-24(27-22)20-7-5-6-16-14-18(26)12-13-19(16)21(20)15-8-10-17(25)11-9-15/h8-14,25-26H,5-7H2,1-4H3. The number of hydrogen-bond acceptors (Lipinski definition) is 4. The van der Waals surface area contributed by atoms with Crippen LogP contribution in [0.25, 0.3) is 5.57 Å². The fourth-order valence-electron chi connectivity index (χ4n) is 3.99. The van der Waals surface area contributed by atoms with Crippen LogP contribution in [0.5, 0.6) is 11.5 Å². The molecule has 0 spiro atoms. The average molecular weight is 378 g/mol. The van der Waals surface area contributed by atoms with Gasteiger partial charge in [-0.1, -0.05) is 18.2 Å². The number of aromatic hydroxyl groups is 2. The van der Waals surface area contributed by atoms with Gasteiger partial charge in [0.05, 0.1) is 11.2 Å². The zero-order valence-electron chi connectivity index (χ0n) is 17.0. The summed E-state index contributed by atoms with van der Waals surface area (Å²) in [5, 5.41) is 19.7. The SMILES string of the molecule is CC1(C)OB(C2=C(c3ccc(O)cc3)c3ccc(O)cc3CCC2)OC1(C)C. The molecule has 0 aromatic heterocycles. The summed E-state index contributed by atoms with van der Waals surface area (Å²) in [7, 11) is -0.423. The van der Waals surface area contributed by atoms with E-state index in [1.165, 1.54) is 0 Å². The first-order valence-electron chi connectivity index (χ1n) is 9.88. The molecular formula is C23H27BO4. The van der Waals surface area contributed by atoms with Gasteiger partial charge >= 0.3 is 7.12 Å². The van der Waals surface area contributed by atoms with Gasteiger partial charge in [-0.2, -0.15) is 0 Å². The van der Waals surface area contributed by atoms with Gasteiger partial charge < -0.3 is 19.5 Å². The Labute approximate surface area is 167 Å². The molecule has 146 valence electrons. The van der Waals surface area contributed by atoms with Gasteiger partial charge in [-0.25, -0.2) is 0 Å². The summed E-state index contributed by atoms with van der Waals surface area (Å²) in [6, 6.07) is 12.8. The maximum atomic E-state index is 9.99. The lowest BCUT2D eigenvalue weighted by Crippen LogP contribution is -2.41. The predicted octanol–water partition coefficient (Wildman–Crippen LogP) is 4.87. The van der Waals surface area contributed by atoms with Crippen molar-refractivity contribution in [3.05, 3.63) is 64.6 Å². The first-order valence-corrected chi connectivity index (χ1v) is 9.88. The molecule has 0 bridgehead atoms. The van der Waals surface area contributed by atoms with Gasteiger partial charge in [0.2, 0.25) is 0 Å². The molecule has 1 aliphatic heterocycles. The molecule has 0 unspecified atom stereocenters. The Morgan fingerprint density at radius 2 is 1.43 bits per heavy atom. The molecule has 2 N–H and O–H groups in total. The van der Waals surface area contributed by atoms with Crippen LogP contribution in [0, 0.1) is 0 Å². The number of rotatable bonds is 2. The Hall–Kier alpha value is -2.24. The van der Waals surface area contributed by atoms with E-state index in [0.717, 1.165) is 47.0 Å². The summed E-state index contributed by atoms with van der Waals surface area (Å²) in [5.74, 6) is 0.518. The fraction of sp³-hybridized carbons (Fsp3) is 0.391. The molecule has 0 atom stereocenters. The number of phenolic OH excluding ortho intramolecular Hbond substituents is 2. The monoisotopic (exact) mass is 378 g/mol. The molecule has 4 rings (SSSR count). The number of benzene rings is 2.